The van der Waals surface area contributed by atoms with E-state index in [1.807, 2.05) is 49.6 Å². The van der Waals surface area contributed by atoms with Crippen molar-refractivity contribution >= 4 is 23.1 Å². The molecule has 1 N–H and O–H groups in total. The van der Waals surface area contributed by atoms with Crippen LogP contribution in [0.15, 0.2) is 24.4 Å². The van der Waals surface area contributed by atoms with Crippen molar-refractivity contribution in [2.24, 2.45) is 5.92 Å². The zero-order chi connectivity index (χ0) is 13.4. The minimum atomic E-state index is -0.812. The lowest BCUT2D eigenvalue weighted by Gasteiger charge is -2.17. The predicted octanol–water partition coefficient (Wildman–Crippen LogP) is 3.73. The number of carboxylic acid groups (broad SMARTS) is 1. The fourth-order valence-corrected chi connectivity index (χ4v) is 2.67. The maximum atomic E-state index is 11.5. The number of halogens is 1. The number of rotatable bonds is 3. The lowest BCUT2D eigenvalue weighted by atomic mass is 9.91. The predicted molar refractivity (Wildman–Crippen MR) is 72.4 cm³/mol. The molecule has 3 nitrogen and oxygen atoms in total. The third kappa shape index (κ3) is 1.89. The minimum absolute atomic E-state index is 0.00979. The largest absolute Gasteiger partial charge is 0.481 e. The summed E-state index contributed by atoms with van der Waals surface area (Å²) in [6.45, 7) is 5.70. The summed E-state index contributed by atoms with van der Waals surface area (Å²) >= 11 is 6.29. The molecular weight excluding hydrogens is 250 g/mol. The number of fused-ring (bicyclic) bond motifs is 1. The summed E-state index contributed by atoms with van der Waals surface area (Å²) in [5.74, 6) is -1.35. The molecule has 96 valence electrons. The Morgan fingerprint density at radius 2 is 2.06 bits per heavy atom. The van der Waals surface area contributed by atoms with E-state index in [1.54, 1.807) is 0 Å². The molecule has 2 aromatic rings. The smallest absolute Gasteiger partial charge is 0.312 e. The highest BCUT2D eigenvalue weighted by Gasteiger charge is 2.29. The van der Waals surface area contributed by atoms with Crippen LogP contribution in [0, 0.1) is 12.8 Å². The SMILES string of the molecule is Cc1c(Cl)c2ccccn2c1C(C(=O)O)C(C)C. The van der Waals surface area contributed by atoms with Gasteiger partial charge in [-0.05, 0) is 30.5 Å². The summed E-state index contributed by atoms with van der Waals surface area (Å²) in [4.78, 5) is 11.5. The van der Waals surface area contributed by atoms with Crippen molar-refractivity contribution in [3.8, 4) is 0 Å². The summed E-state index contributed by atoms with van der Waals surface area (Å²) < 4.78 is 1.89. The van der Waals surface area contributed by atoms with E-state index < -0.39 is 11.9 Å². The van der Waals surface area contributed by atoms with E-state index in [2.05, 4.69) is 0 Å². The number of pyridine rings is 1. The van der Waals surface area contributed by atoms with Gasteiger partial charge in [0.25, 0.3) is 0 Å². The molecule has 1 unspecified atom stereocenters. The van der Waals surface area contributed by atoms with Crippen LogP contribution >= 0.6 is 11.6 Å². The molecule has 0 bridgehead atoms. The number of aliphatic carboxylic acids is 1. The third-order valence-corrected chi connectivity index (χ3v) is 3.76. The molecular formula is C14H16ClNO2. The second-order valence-electron chi connectivity index (χ2n) is 4.84. The molecule has 0 aliphatic carbocycles. The molecule has 1 atom stereocenters. The molecule has 18 heavy (non-hydrogen) atoms. The van der Waals surface area contributed by atoms with Crippen LogP contribution in [0.2, 0.25) is 5.02 Å². The normalized spacial score (nSPS) is 13.2. The van der Waals surface area contributed by atoms with Gasteiger partial charge >= 0.3 is 5.97 Å². The number of hydrogen-bond acceptors (Lipinski definition) is 1. The van der Waals surface area contributed by atoms with Gasteiger partial charge in [0.05, 0.1) is 16.5 Å². The van der Waals surface area contributed by atoms with Gasteiger partial charge in [-0.25, -0.2) is 0 Å². The van der Waals surface area contributed by atoms with Gasteiger partial charge in [0.2, 0.25) is 0 Å². The Morgan fingerprint density at radius 3 is 2.61 bits per heavy atom. The van der Waals surface area contributed by atoms with Gasteiger partial charge < -0.3 is 9.51 Å². The second-order valence-corrected chi connectivity index (χ2v) is 5.22. The Hall–Kier alpha value is -1.48. The summed E-state index contributed by atoms with van der Waals surface area (Å²) in [7, 11) is 0. The first kappa shape index (κ1) is 13.0. The summed E-state index contributed by atoms with van der Waals surface area (Å²) in [5.41, 5.74) is 2.49. The van der Waals surface area contributed by atoms with Crippen LogP contribution in [-0.2, 0) is 4.79 Å². The van der Waals surface area contributed by atoms with Crippen molar-refractivity contribution in [3.05, 3.63) is 40.7 Å². The number of carboxylic acids is 1. The average Bonchev–Trinajstić information content (AvgIpc) is 2.55. The van der Waals surface area contributed by atoms with Crippen LogP contribution in [0.1, 0.15) is 31.0 Å². The molecule has 0 amide bonds. The molecule has 2 rings (SSSR count). The fourth-order valence-electron chi connectivity index (χ4n) is 2.42. The van der Waals surface area contributed by atoms with Crippen molar-refractivity contribution in [2.75, 3.05) is 0 Å². The van der Waals surface area contributed by atoms with E-state index in [-0.39, 0.29) is 5.92 Å². The summed E-state index contributed by atoms with van der Waals surface area (Å²) in [5, 5.41) is 10.1. The Labute approximate surface area is 111 Å². The maximum Gasteiger partial charge on any atom is 0.312 e. The van der Waals surface area contributed by atoms with Crippen LogP contribution < -0.4 is 0 Å². The van der Waals surface area contributed by atoms with Crippen molar-refractivity contribution in [1.82, 2.24) is 4.40 Å². The third-order valence-electron chi connectivity index (χ3n) is 3.29. The Morgan fingerprint density at radius 1 is 1.39 bits per heavy atom. The molecule has 0 aliphatic rings. The lowest BCUT2D eigenvalue weighted by molar-refractivity contribution is -0.140. The first-order valence-electron chi connectivity index (χ1n) is 5.93. The van der Waals surface area contributed by atoms with Gasteiger partial charge in [0.15, 0.2) is 0 Å². The Bertz CT molecular complexity index is 601. The maximum absolute atomic E-state index is 11.5. The first-order valence-corrected chi connectivity index (χ1v) is 6.30. The zero-order valence-corrected chi connectivity index (χ0v) is 11.4. The highest BCUT2D eigenvalue weighted by Crippen LogP contribution is 2.35. The van der Waals surface area contributed by atoms with E-state index >= 15 is 0 Å². The van der Waals surface area contributed by atoms with Gasteiger partial charge in [0, 0.05) is 11.9 Å². The van der Waals surface area contributed by atoms with Crippen molar-refractivity contribution in [3.63, 3.8) is 0 Å². The van der Waals surface area contributed by atoms with Crippen LogP contribution in [0.4, 0.5) is 0 Å². The number of carbonyl (C=O) groups is 1. The quantitative estimate of drug-likeness (QED) is 0.919. The van der Waals surface area contributed by atoms with E-state index in [0.29, 0.717) is 5.02 Å². The number of hydrogen-bond donors (Lipinski definition) is 1. The topological polar surface area (TPSA) is 41.7 Å². The Balaban J connectivity index is 2.77. The van der Waals surface area contributed by atoms with Crippen LogP contribution in [0.3, 0.4) is 0 Å². The molecule has 0 fully saturated rings. The highest BCUT2D eigenvalue weighted by atomic mass is 35.5. The van der Waals surface area contributed by atoms with Gasteiger partial charge in [-0.3, -0.25) is 4.79 Å². The van der Waals surface area contributed by atoms with Crippen molar-refractivity contribution in [2.45, 2.75) is 26.7 Å². The molecule has 0 aliphatic heterocycles. The molecule has 0 aromatic carbocycles. The van der Waals surface area contributed by atoms with Crippen LogP contribution in [0.25, 0.3) is 5.52 Å². The first-order chi connectivity index (χ1) is 8.45. The second kappa shape index (κ2) is 4.65. The molecule has 0 radical (unpaired) electrons. The van der Waals surface area contributed by atoms with Gasteiger partial charge in [-0.2, -0.15) is 0 Å². The van der Waals surface area contributed by atoms with E-state index in [0.717, 1.165) is 16.8 Å². The zero-order valence-electron chi connectivity index (χ0n) is 10.6. The fraction of sp³-hybridized carbons (Fsp3) is 0.357. The van der Waals surface area contributed by atoms with Crippen LogP contribution in [0.5, 0.6) is 0 Å². The van der Waals surface area contributed by atoms with Gasteiger partial charge in [-0.15, -0.1) is 0 Å². The van der Waals surface area contributed by atoms with Crippen molar-refractivity contribution < 1.29 is 9.90 Å². The highest BCUT2D eigenvalue weighted by molar-refractivity contribution is 6.35. The van der Waals surface area contributed by atoms with Gasteiger partial charge in [-0.1, -0.05) is 31.5 Å². The number of aromatic nitrogens is 1. The Kier molecular flexibility index (Phi) is 3.35. The molecule has 0 spiro atoms. The lowest BCUT2D eigenvalue weighted by Crippen LogP contribution is -2.20. The molecule has 4 heteroatoms. The molecule has 2 aromatic heterocycles. The summed E-state index contributed by atoms with van der Waals surface area (Å²) in [6.07, 6.45) is 1.86. The monoisotopic (exact) mass is 265 g/mol. The van der Waals surface area contributed by atoms with E-state index in [9.17, 15) is 9.90 Å². The van der Waals surface area contributed by atoms with E-state index in [4.69, 9.17) is 11.6 Å². The standard InChI is InChI=1S/C14H16ClNO2/c1-8(2)11(14(17)18)13-9(3)12(15)10-6-4-5-7-16(10)13/h4-8,11H,1-3H3,(H,17,18). The van der Waals surface area contributed by atoms with E-state index in [1.165, 1.54) is 0 Å². The molecule has 0 saturated carbocycles. The molecule has 0 saturated heterocycles. The number of nitrogens with zero attached hydrogens (tertiary/aromatic N) is 1. The summed E-state index contributed by atoms with van der Waals surface area (Å²) in [6, 6.07) is 5.68. The van der Waals surface area contributed by atoms with Gasteiger partial charge in [0.1, 0.15) is 0 Å². The average molecular weight is 266 g/mol. The molecule has 2 heterocycles. The van der Waals surface area contributed by atoms with Crippen LogP contribution in [-0.4, -0.2) is 15.5 Å². The van der Waals surface area contributed by atoms with Crippen molar-refractivity contribution in [1.29, 1.82) is 0 Å². The minimum Gasteiger partial charge on any atom is -0.481 e.